The van der Waals surface area contributed by atoms with Gasteiger partial charge in [0.25, 0.3) is 5.91 Å². The molecule has 1 aliphatic rings. The fraction of sp³-hybridized carbons (Fsp3) is 0.455. The van der Waals surface area contributed by atoms with E-state index in [4.69, 9.17) is 4.74 Å². The van der Waals surface area contributed by atoms with E-state index in [9.17, 15) is 4.79 Å². The van der Waals surface area contributed by atoms with Crippen LogP contribution in [0.1, 0.15) is 19.8 Å². The summed E-state index contributed by atoms with van der Waals surface area (Å²) in [5, 5.41) is 0. The summed E-state index contributed by atoms with van der Waals surface area (Å²) in [5.41, 5.74) is 0. The van der Waals surface area contributed by atoms with Gasteiger partial charge in [-0.2, -0.15) is 0 Å². The topological polar surface area (TPSA) is 42.4 Å². The number of fused-ring (bicyclic) bond motifs is 1. The Labute approximate surface area is 103 Å². The normalized spacial score (nSPS) is 14.6. The van der Waals surface area contributed by atoms with Crippen LogP contribution in [0.5, 0.6) is 5.75 Å². The monoisotopic (exact) mass is 284 g/mol. The Balaban J connectivity index is 2.29. The summed E-state index contributed by atoms with van der Waals surface area (Å²) in [5.74, 6) is 1.29. The van der Waals surface area contributed by atoms with Crippen LogP contribution < -0.4 is 9.64 Å². The fourth-order valence-electron chi connectivity index (χ4n) is 1.60. The second-order valence-corrected chi connectivity index (χ2v) is 4.58. The standard InChI is InChI=1S/C11H13BrN2O2/c1-2-3-4-14-10(15)7-16-9-5-8(12)6-13-11(9)14/h5-6H,2-4,7H2,1H3. The first-order valence-corrected chi connectivity index (χ1v) is 6.10. The molecule has 0 radical (unpaired) electrons. The molecule has 5 heteroatoms. The Hall–Kier alpha value is -1.10. The molecule has 0 aromatic carbocycles. The minimum atomic E-state index is -0.0178. The van der Waals surface area contributed by atoms with E-state index in [0.717, 1.165) is 17.3 Å². The first kappa shape index (κ1) is 11.4. The highest BCUT2D eigenvalue weighted by Crippen LogP contribution is 2.32. The van der Waals surface area contributed by atoms with Crippen LogP contribution in [0.2, 0.25) is 0 Å². The van der Waals surface area contributed by atoms with E-state index >= 15 is 0 Å². The van der Waals surface area contributed by atoms with Gasteiger partial charge in [0, 0.05) is 17.2 Å². The van der Waals surface area contributed by atoms with Gasteiger partial charge in [0.05, 0.1) is 0 Å². The number of pyridine rings is 1. The molecular weight excluding hydrogens is 272 g/mol. The van der Waals surface area contributed by atoms with Gasteiger partial charge in [-0.05, 0) is 28.4 Å². The average molecular weight is 285 g/mol. The number of carbonyl (C=O) groups is 1. The quantitative estimate of drug-likeness (QED) is 0.856. The van der Waals surface area contributed by atoms with Crippen LogP contribution in [0.25, 0.3) is 0 Å². The average Bonchev–Trinajstić information content (AvgIpc) is 2.28. The first-order chi connectivity index (χ1) is 7.72. The number of carbonyl (C=O) groups excluding carboxylic acids is 1. The Morgan fingerprint density at radius 3 is 3.19 bits per heavy atom. The maximum absolute atomic E-state index is 11.7. The Morgan fingerprint density at radius 1 is 1.62 bits per heavy atom. The molecule has 0 unspecified atom stereocenters. The van der Waals surface area contributed by atoms with E-state index in [1.165, 1.54) is 0 Å². The second kappa shape index (κ2) is 4.82. The number of ether oxygens (including phenoxy) is 1. The van der Waals surface area contributed by atoms with Crippen molar-refractivity contribution >= 4 is 27.7 Å². The first-order valence-electron chi connectivity index (χ1n) is 5.31. The molecule has 4 nitrogen and oxygen atoms in total. The number of rotatable bonds is 3. The number of aromatic nitrogens is 1. The van der Waals surface area contributed by atoms with Crippen molar-refractivity contribution in [3.63, 3.8) is 0 Å². The van der Waals surface area contributed by atoms with Gasteiger partial charge < -0.3 is 4.74 Å². The molecule has 2 rings (SSSR count). The van der Waals surface area contributed by atoms with Crippen molar-refractivity contribution in [3.8, 4) is 5.75 Å². The summed E-state index contributed by atoms with van der Waals surface area (Å²) >= 11 is 3.33. The molecule has 1 aliphatic heterocycles. The molecule has 0 aliphatic carbocycles. The molecule has 86 valence electrons. The van der Waals surface area contributed by atoms with Crippen molar-refractivity contribution in [2.45, 2.75) is 19.8 Å². The van der Waals surface area contributed by atoms with Gasteiger partial charge in [0.2, 0.25) is 0 Å². The van der Waals surface area contributed by atoms with Gasteiger partial charge in [-0.25, -0.2) is 4.98 Å². The van der Waals surface area contributed by atoms with Gasteiger partial charge in [-0.3, -0.25) is 9.69 Å². The smallest absolute Gasteiger partial charge is 0.266 e. The second-order valence-electron chi connectivity index (χ2n) is 3.66. The zero-order valence-corrected chi connectivity index (χ0v) is 10.7. The molecular formula is C11H13BrN2O2. The SMILES string of the molecule is CCCCN1C(=O)COc2cc(Br)cnc21. The van der Waals surface area contributed by atoms with Crippen LogP contribution in [-0.4, -0.2) is 24.0 Å². The molecule has 0 saturated carbocycles. The number of amides is 1. The van der Waals surface area contributed by atoms with Gasteiger partial charge in [0.15, 0.2) is 18.2 Å². The summed E-state index contributed by atoms with van der Waals surface area (Å²) in [6.07, 6.45) is 3.71. The molecule has 16 heavy (non-hydrogen) atoms. The molecule has 0 N–H and O–H groups in total. The van der Waals surface area contributed by atoms with Crippen molar-refractivity contribution in [1.29, 1.82) is 0 Å². The Kier molecular flexibility index (Phi) is 3.43. The summed E-state index contributed by atoms with van der Waals surface area (Å²) in [4.78, 5) is 17.6. The van der Waals surface area contributed by atoms with Crippen LogP contribution in [-0.2, 0) is 4.79 Å². The molecule has 0 spiro atoms. The molecule has 0 bridgehead atoms. The number of unbranched alkanes of at least 4 members (excludes halogenated alkanes) is 1. The number of nitrogens with zero attached hydrogens (tertiary/aromatic N) is 2. The van der Waals surface area contributed by atoms with Crippen LogP contribution in [0, 0.1) is 0 Å². The molecule has 2 heterocycles. The fourth-order valence-corrected chi connectivity index (χ4v) is 1.92. The van der Waals surface area contributed by atoms with Crippen molar-refractivity contribution in [3.05, 3.63) is 16.7 Å². The molecule has 1 aromatic heterocycles. The van der Waals surface area contributed by atoms with E-state index in [-0.39, 0.29) is 12.5 Å². The van der Waals surface area contributed by atoms with Crippen LogP contribution in [0.4, 0.5) is 5.82 Å². The van der Waals surface area contributed by atoms with Crippen molar-refractivity contribution in [1.82, 2.24) is 4.98 Å². The van der Waals surface area contributed by atoms with E-state index in [2.05, 4.69) is 27.8 Å². The van der Waals surface area contributed by atoms with Gasteiger partial charge in [0.1, 0.15) is 0 Å². The lowest BCUT2D eigenvalue weighted by Gasteiger charge is -2.28. The lowest BCUT2D eigenvalue weighted by molar-refractivity contribution is -0.121. The number of hydrogen-bond donors (Lipinski definition) is 0. The highest BCUT2D eigenvalue weighted by Gasteiger charge is 2.26. The summed E-state index contributed by atoms with van der Waals surface area (Å²) in [6.45, 7) is 2.91. The minimum absolute atomic E-state index is 0.0178. The van der Waals surface area contributed by atoms with Crippen LogP contribution >= 0.6 is 15.9 Å². The van der Waals surface area contributed by atoms with Crippen LogP contribution in [0.15, 0.2) is 16.7 Å². The highest BCUT2D eigenvalue weighted by molar-refractivity contribution is 9.10. The Bertz CT molecular complexity index is 409. The number of anilines is 1. The van der Waals surface area contributed by atoms with Crippen LogP contribution in [0.3, 0.4) is 0 Å². The van der Waals surface area contributed by atoms with E-state index in [0.29, 0.717) is 18.1 Å². The predicted molar refractivity (Wildman–Crippen MR) is 64.7 cm³/mol. The predicted octanol–water partition coefficient (Wildman–Crippen LogP) is 2.37. The molecule has 0 saturated heterocycles. The lowest BCUT2D eigenvalue weighted by Crippen LogP contribution is -2.40. The van der Waals surface area contributed by atoms with Crippen molar-refractivity contribution in [2.24, 2.45) is 0 Å². The highest BCUT2D eigenvalue weighted by atomic mass is 79.9. The molecule has 0 fully saturated rings. The number of halogens is 1. The minimum Gasteiger partial charge on any atom is -0.480 e. The Morgan fingerprint density at radius 2 is 2.44 bits per heavy atom. The lowest BCUT2D eigenvalue weighted by atomic mass is 10.2. The third kappa shape index (κ3) is 2.19. The third-order valence-electron chi connectivity index (χ3n) is 2.44. The van der Waals surface area contributed by atoms with E-state index < -0.39 is 0 Å². The van der Waals surface area contributed by atoms with Gasteiger partial charge in [-0.1, -0.05) is 13.3 Å². The third-order valence-corrected chi connectivity index (χ3v) is 2.88. The summed E-state index contributed by atoms with van der Waals surface area (Å²) < 4.78 is 6.20. The zero-order chi connectivity index (χ0) is 11.5. The summed E-state index contributed by atoms with van der Waals surface area (Å²) in [6, 6.07) is 1.84. The zero-order valence-electron chi connectivity index (χ0n) is 9.07. The largest absolute Gasteiger partial charge is 0.480 e. The van der Waals surface area contributed by atoms with E-state index in [1.54, 1.807) is 11.1 Å². The maximum atomic E-state index is 11.7. The molecule has 1 aromatic rings. The van der Waals surface area contributed by atoms with Crippen molar-refractivity contribution < 1.29 is 9.53 Å². The number of hydrogen-bond acceptors (Lipinski definition) is 3. The molecule has 1 amide bonds. The van der Waals surface area contributed by atoms with E-state index in [1.807, 2.05) is 6.07 Å². The van der Waals surface area contributed by atoms with Gasteiger partial charge >= 0.3 is 0 Å². The van der Waals surface area contributed by atoms with Gasteiger partial charge in [-0.15, -0.1) is 0 Å². The molecule has 0 atom stereocenters. The van der Waals surface area contributed by atoms with Crippen molar-refractivity contribution in [2.75, 3.05) is 18.1 Å². The maximum Gasteiger partial charge on any atom is 0.266 e. The summed E-state index contributed by atoms with van der Waals surface area (Å²) in [7, 11) is 0.